The van der Waals surface area contributed by atoms with Crippen LogP contribution in [0.15, 0.2) is 42.5 Å². The SMILES string of the molecule is COc1ccc([C@@H](C)NC(=S)NCc2ccc(F)cc2)cc1F. The lowest BCUT2D eigenvalue weighted by Crippen LogP contribution is -2.36. The van der Waals surface area contributed by atoms with Crippen LogP contribution in [0.5, 0.6) is 5.75 Å². The van der Waals surface area contributed by atoms with Gasteiger partial charge in [0.15, 0.2) is 16.7 Å². The minimum Gasteiger partial charge on any atom is -0.494 e. The summed E-state index contributed by atoms with van der Waals surface area (Å²) >= 11 is 5.22. The molecule has 1 atom stereocenters. The van der Waals surface area contributed by atoms with Gasteiger partial charge in [-0.15, -0.1) is 0 Å². The molecule has 0 radical (unpaired) electrons. The van der Waals surface area contributed by atoms with Crippen LogP contribution in [0.2, 0.25) is 0 Å². The first kappa shape index (κ1) is 17.1. The fourth-order valence-electron chi connectivity index (χ4n) is 2.07. The Bertz CT molecular complexity index is 677. The summed E-state index contributed by atoms with van der Waals surface area (Å²) in [6.45, 7) is 2.36. The highest BCUT2D eigenvalue weighted by Gasteiger charge is 2.10. The topological polar surface area (TPSA) is 33.3 Å². The van der Waals surface area contributed by atoms with Crippen molar-refractivity contribution in [3.05, 3.63) is 65.2 Å². The third kappa shape index (κ3) is 4.89. The second-order valence-electron chi connectivity index (χ2n) is 5.07. The van der Waals surface area contributed by atoms with E-state index in [1.165, 1.54) is 25.3 Å². The van der Waals surface area contributed by atoms with Gasteiger partial charge in [0.25, 0.3) is 0 Å². The van der Waals surface area contributed by atoms with Crippen molar-refractivity contribution in [3.8, 4) is 5.75 Å². The number of hydrogen-bond donors (Lipinski definition) is 2. The van der Waals surface area contributed by atoms with Crippen LogP contribution in [0.25, 0.3) is 0 Å². The average molecular weight is 336 g/mol. The van der Waals surface area contributed by atoms with Crippen LogP contribution in [0.4, 0.5) is 8.78 Å². The zero-order valence-corrected chi connectivity index (χ0v) is 13.7. The number of ether oxygens (including phenoxy) is 1. The molecule has 0 saturated heterocycles. The lowest BCUT2D eigenvalue weighted by molar-refractivity contribution is 0.386. The molecular formula is C17H18F2N2OS. The van der Waals surface area contributed by atoms with Gasteiger partial charge in [0.1, 0.15) is 5.82 Å². The van der Waals surface area contributed by atoms with E-state index in [4.69, 9.17) is 17.0 Å². The molecular weight excluding hydrogens is 318 g/mol. The van der Waals surface area contributed by atoms with Gasteiger partial charge < -0.3 is 15.4 Å². The van der Waals surface area contributed by atoms with Crippen LogP contribution in [-0.4, -0.2) is 12.2 Å². The monoisotopic (exact) mass is 336 g/mol. The zero-order chi connectivity index (χ0) is 16.8. The minimum atomic E-state index is -0.413. The first-order valence-corrected chi connectivity index (χ1v) is 7.52. The summed E-state index contributed by atoms with van der Waals surface area (Å²) in [5, 5.41) is 6.56. The largest absolute Gasteiger partial charge is 0.494 e. The number of rotatable bonds is 5. The van der Waals surface area contributed by atoms with E-state index in [2.05, 4.69) is 10.6 Å². The molecule has 2 rings (SSSR count). The molecule has 0 bridgehead atoms. The Morgan fingerprint density at radius 2 is 1.87 bits per heavy atom. The molecule has 2 aromatic rings. The standard InChI is InChI=1S/C17H18F2N2OS/c1-11(13-5-8-16(22-2)15(19)9-13)21-17(23)20-10-12-3-6-14(18)7-4-12/h3-9,11H,10H2,1-2H3,(H2,20,21,23)/t11-/m1/s1. The van der Waals surface area contributed by atoms with Gasteiger partial charge in [-0.1, -0.05) is 18.2 Å². The fraction of sp³-hybridized carbons (Fsp3) is 0.235. The van der Waals surface area contributed by atoms with Crippen molar-refractivity contribution in [2.45, 2.75) is 19.5 Å². The summed E-state index contributed by atoms with van der Waals surface area (Å²) in [6, 6.07) is 10.8. The lowest BCUT2D eigenvalue weighted by Gasteiger charge is -2.18. The van der Waals surface area contributed by atoms with Crippen LogP contribution in [0, 0.1) is 11.6 Å². The highest BCUT2D eigenvalue weighted by molar-refractivity contribution is 7.80. The van der Waals surface area contributed by atoms with Crippen molar-refractivity contribution in [1.82, 2.24) is 10.6 Å². The van der Waals surface area contributed by atoms with E-state index in [0.717, 1.165) is 11.1 Å². The molecule has 0 aliphatic rings. The predicted molar refractivity (Wildman–Crippen MR) is 90.3 cm³/mol. The van der Waals surface area contributed by atoms with Crippen molar-refractivity contribution < 1.29 is 13.5 Å². The maximum absolute atomic E-state index is 13.7. The number of nitrogens with one attached hydrogen (secondary N) is 2. The Morgan fingerprint density at radius 3 is 2.48 bits per heavy atom. The number of thiocarbonyl (C=S) groups is 1. The van der Waals surface area contributed by atoms with Gasteiger partial charge in [-0.05, 0) is 54.5 Å². The molecule has 0 aliphatic heterocycles. The Balaban J connectivity index is 1.89. The van der Waals surface area contributed by atoms with Gasteiger partial charge in [0.2, 0.25) is 0 Å². The summed E-state index contributed by atoms with van der Waals surface area (Å²) in [6.07, 6.45) is 0. The van der Waals surface area contributed by atoms with Crippen molar-refractivity contribution in [2.75, 3.05) is 7.11 Å². The van der Waals surface area contributed by atoms with E-state index in [1.54, 1.807) is 24.3 Å². The Kier molecular flexibility index (Phi) is 5.87. The second kappa shape index (κ2) is 7.87. The molecule has 0 heterocycles. The third-order valence-electron chi connectivity index (χ3n) is 3.39. The van der Waals surface area contributed by atoms with E-state index in [1.807, 2.05) is 6.92 Å². The Hall–Kier alpha value is -2.21. The van der Waals surface area contributed by atoms with Gasteiger partial charge in [0.05, 0.1) is 13.2 Å². The van der Waals surface area contributed by atoms with Crippen LogP contribution in [-0.2, 0) is 6.54 Å². The molecule has 23 heavy (non-hydrogen) atoms. The second-order valence-corrected chi connectivity index (χ2v) is 5.48. The molecule has 6 heteroatoms. The summed E-state index contributed by atoms with van der Waals surface area (Å²) in [5.41, 5.74) is 1.67. The van der Waals surface area contributed by atoms with Crippen molar-refractivity contribution in [1.29, 1.82) is 0 Å². The molecule has 3 nitrogen and oxygen atoms in total. The molecule has 2 aromatic carbocycles. The van der Waals surface area contributed by atoms with E-state index in [0.29, 0.717) is 11.7 Å². The Labute approximate surface area is 139 Å². The molecule has 0 amide bonds. The molecule has 0 unspecified atom stereocenters. The van der Waals surface area contributed by atoms with Crippen LogP contribution in [0.3, 0.4) is 0 Å². The van der Waals surface area contributed by atoms with Gasteiger partial charge >= 0.3 is 0 Å². The highest BCUT2D eigenvalue weighted by atomic mass is 32.1. The first-order valence-electron chi connectivity index (χ1n) is 7.12. The van der Waals surface area contributed by atoms with Gasteiger partial charge in [-0.2, -0.15) is 0 Å². The normalized spacial score (nSPS) is 11.7. The zero-order valence-electron chi connectivity index (χ0n) is 12.9. The van der Waals surface area contributed by atoms with E-state index < -0.39 is 5.82 Å². The lowest BCUT2D eigenvalue weighted by atomic mass is 10.1. The molecule has 0 saturated carbocycles. The summed E-state index contributed by atoms with van der Waals surface area (Å²) in [7, 11) is 1.42. The highest BCUT2D eigenvalue weighted by Crippen LogP contribution is 2.21. The summed E-state index contributed by atoms with van der Waals surface area (Å²) in [5.74, 6) is -0.480. The van der Waals surface area contributed by atoms with Crippen LogP contribution < -0.4 is 15.4 Å². The average Bonchev–Trinajstić information content (AvgIpc) is 2.54. The fourth-order valence-corrected chi connectivity index (χ4v) is 2.32. The smallest absolute Gasteiger partial charge is 0.167 e. The third-order valence-corrected chi connectivity index (χ3v) is 3.65. The molecule has 0 fully saturated rings. The summed E-state index contributed by atoms with van der Waals surface area (Å²) < 4.78 is 31.4. The number of methoxy groups -OCH3 is 1. The van der Waals surface area contributed by atoms with Gasteiger partial charge in [0, 0.05) is 6.54 Å². The minimum absolute atomic E-state index is 0.163. The van der Waals surface area contributed by atoms with Crippen molar-refractivity contribution in [2.24, 2.45) is 0 Å². The van der Waals surface area contributed by atoms with Gasteiger partial charge in [-0.3, -0.25) is 0 Å². The number of hydrogen-bond acceptors (Lipinski definition) is 2. The van der Waals surface area contributed by atoms with Crippen LogP contribution >= 0.6 is 12.2 Å². The number of halogens is 2. The van der Waals surface area contributed by atoms with E-state index in [-0.39, 0.29) is 17.6 Å². The predicted octanol–water partition coefficient (Wildman–Crippen LogP) is 3.70. The van der Waals surface area contributed by atoms with Crippen molar-refractivity contribution in [3.63, 3.8) is 0 Å². The van der Waals surface area contributed by atoms with Crippen LogP contribution in [0.1, 0.15) is 24.1 Å². The Morgan fingerprint density at radius 1 is 1.17 bits per heavy atom. The first-order chi connectivity index (χ1) is 11.0. The quantitative estimate of drug-likeness (QED) is 0.816. The van der Waals surface area contributed by atoms with Crippen molar-refractivity contribution >= 4 is 17.3 Å². The summed E-state index contributed by atoms with van der Waals surface area (Å²) in [4.78, 5) is 0. The number of benzene rings is 2. The molecule has 2 N–H and O–H groups in total. The van der Waals surface area contributed by atoms with E-state index >= 15 is 0 Å². The van der Waals surface area contributed by atoms with Gasteiger partial charge in [-0.25, -0.2) is 8.78 Å². The molecule has 0 aliphatic carbocycles. The maximum atomic E-state index is 13.7. The molecule has 122 valence electrons. The molecule has 0 spiro atoms. The molecule has 0 aromatic heterocycles. The van der Waals surface area contributed by atoms with E-state index in [9.17, 15) is 8.78 Å². The maximum Gasteiger partial charge on any atom is 0.167 e.